The van der Waals surface area contributed by atoms with Crippen molar-refractivity contribution in [2.75, 3.05) is 33.3 Å². The maximum Gasteiger partial charge on any atom is 0.191 e. The second-order valence-electron chi connectivity index (χ2n) is 7.22. The molecule has 0 radical (unpaired) electrons. The average Bonchev–Trinajstić information content (AvgIpc) is 2.63. The molecule has 0 spiro atoms. The normalized spacial score (nSPS) is 16.6. The molecule has 1 aromatic carbocycles. The fourth-order valence-corrected chi connectivity index (χ4v) is 3.23. The van der Waals surface area contributed by atoms with Crippen LogP contribution in [0.5, 0.6) is 5.75 Å². The Morgan fingerprint density at radius 1 is 1.20 bits per heavy atom. The van der Waals surface area contributed by atoms with Gasteiger partial charge in [0.25, 0.3) is 0 Å². The van der Waals surface area contributed by atoms with Gasteiger partial charge in [0.05, 0.1) is 6.61 Å². The van der Waals surface area contributed by atoms with Gasteiger partial charge in [-0.3, -0.25) is 9.89 Å². The minimum atomic E-state index is 0.132. The smallest absolute Gasteiger partial charge is 0.191 e. The second kappa shape index (κ2) is 9.66. The Labute approximate surface area is 152 Å². The predicted octanol–water partition coefficient (Wildman–Crippen LogP) is 3.01. The van der Waals surface area contributed by atoms with Gasteiger partial charge in [-0.15, -0.1) is 0 Å². The number of hydrogen-bond acceptors (Lipinski definition) is 3. The van der Waals surface area contributed by atoms with Crippen LogP contribution in [-0.2, 0) is 6.54 Å². The fourth-order valence-electron chi connectivity index (χ4n) is 3.23. The zero-order chi connectivity index (χ0) is 18.1. The lowest BCUT2D eigenvalue weighted by Gasteiger charge is -2.41. The van der Waals surface area contributed by atoms with E-state index in [2.05, 4.69) is 46.5 Å². The number of guanidine groups is 1. The summed E-state index contributed by atoms with van der Waals surface area (Å²) in [5, 5.41) is 6.88. The zero-order valence-electron chi connectivity index (χ0n) is 16.3. The van der Waals surface area contributed by atoms with Crippen molar-refractivity contribution in [3.05, 3.63) is 29.8 Å². The van der Waals surface area contributed by atoms with Gasteiger partial charge in [-0.2, -0.15) is 0 Å². The third-order valence-electron chi connectivity index (χ3n) is 4.79. The van der Waals surface area contributed by atoms with Crippen molar-refractivity contribution in [3.8, 4) is 5.75 Å². The Bertz CT molecular complexity index is 550. The van der Waals surface area contributed by atoms with E-state index in [-0.39, 0.29) is 5.54 Å². The molecule has 0 saturated carbocycles. The lowest BCUT2D eigenvalue weighted by Crippen LogP contribution is -2.54. The first-order valence-electron chi connectivity index (χ1n) is 9.46. The van der Waals surface area contributed by atoms with E-state index in [1.807, 2.05) is 26.1 Å². The highest BCUT2D eigenvalue weighted by atomic mass is 16.5. The van der Waals surface area contributed by atoms with Gasteiger partial charge in [0.2, 0.25) is 0 Å². The number of piperidine rings is 1. The summed E-state index contributed by atoms with van der Waals surface area (Å²) >= 11 is 0. The van der Waals surface area contributed by atoms with Crippen molar-refractivity contribution >= 4 is 5.96 Å². The molecule has 1 aliphatic heterocycles. The van der Waals surface area contributed by atoms with E-state index in [4.69, 9.17) is 4.74 Å². The monoisotopic (exact) mass is 346 g/mol. The molecular formula is C20H34N4O. The van der Waals surface area contributed by atoms with Gasteiger partial charge < -0.3 is 15.4 Å². The number of likely N-dealkylation sites (tertiary alicyclic amines) is 1. The molecular weight excluding hydrogens is 312 g/mol. The second-order valence-corrected chi connectivity index (χ2v) is 7.22. The molecule has 1 fully saturated rings. The largest absolute Gasteiger partial charge is 0.494 e. The highest BCUT2D eigenvalue weighted by Gasteiger charge is 2.27. The molecule has 25 heavy (non-hydrogen) atoms. The lowest BCUT2D eigenvalue weighted by atomic mass is 9.98. The van der Waals surface area contributed by atoms with Crippen molar-refractivity contribution in [1.29, 1.82) is 0 Å². The fraction of sp³-hybridized carbons (Fsp3) is 0.650. The van der Waals surface area contributed by atoms with E-state index >= 15 is 0 Å². The highest BCUT2D eigenvalue weighted by molar-refractivity contribution is 5.79. The topological polar surface area (TPSA) is 48.9 Å². The number of nitrogens with zero attached hydrogens (tertiary/aromatic N) is 2. The van der Waals surface area contributed by atoms with E-state index < -0.39 is 0 Å². The molecule has 5 nitrogen and oxygen atoms in total. The molecule has 1 heterocycles. The van der Waals surface area contributed by atoms with Gasteiger partial charge >= 0.3 is 0 Å². The molecule has 0 bridgehead atoms. The van der Waals surface area contributed by atoms with Crippen molar-refractivity contribution in [1.82, 2.24) is 15.5 Å². The summed E-state index contributed by atoms with van der Waals surface area (Å²) in [6.07, 6.45) is 3.99. The van der Waals surface area contributed by atoms with E-state index in [1.54, 1.807) is 0 Å². The Balaban J connectivity index is 1.83. The first kappa shape index (κ1) is 19.6. The van der Waals surface area contributed by atoms with Crippen LogP contribution in [0.15, 0.2) is 29.3 Å². The van der Waals surface area contributed by atoms with E-state index in [1.165, 1.54) is 37.9 Å². The predicted molar refractivity (Wildman–Crippen MR) is 105 cm³/mol. The van der Waals surface area contributed by atoms with Crippen LogP contribution >= 0.6 is 0 Å². The molecule has 0 unspecified atom stereocenters. The minimum Gasteiger partial charge on any atom is -0.494 e. The third-order valence-corrected chi connectivity index (χ3v) is 4.79. The molecule has 2 rings (SSSR count). The molecule has 1 aromatic rings. The van der Waals surface area contributed by atoms with Gasteiger partial charge in [0, 0.05) is 25.7 Å². The molecule has 0 atom stereocenters. The van der Waals surface area contributed by atoms with Gasteiger partial charge in [0.15, 0.2) is 5.96 Å². The van der Waals surface area contributed by atoms with Crippen LogP contribution in [0.1, 0.15) is 45.6 Å². The number of hydrogen-bond donors (Lipinski definition) is 2. The molecule has 2 N–H and O–H groups in total. The lowest BCUT2D eigenvalue weighted by molar-refractivity contribution is 0.0982. The van der Waals surface area contributed by atoms with Crippen LogP contribution in [-0.4, -0.2) is 49.7 Å². The summed E-state index contributed by atoms with van der Waals surface area (Å²) in [4.78, 5) is 6.94. The molecule has 5 heteroatoms. The molecule has 0 aliphatic carbocycles. The number of nitrogens with one attached hydrogen (secondary N) is 2. The average molecular weight is 347 g/mol. The summed E-state index contributed by atoms with van der Waals surface area (Å²) in [5.41, 5.74) is 1.32. The van der Waals surface area contributed by atoms with E-state index in [0.717, 1.165) is 24.8 Å². The van der Waals surface area contributed by atoms with Crippen LogP contribution in [0, 0.1) is 0 Å². The minimum absolute atomic E-state index is 0.132. The van der Waals surface area contributed by atoms with E-state index in [0.29, 0.717) is 6.61 Å². The molecule has 1 aliphatic rings. The molecule has 0 amide bonds. The van der Waals surface area contributed by atoms with Gasteiger partial charge in [0.1, 0.15) is 5.75 Å². The summed E-state index contributed by atoms with van der Waals surface area (Å²) in [7, 11) is 1.82. The van der Waals surface area contributed by atoms with Gasteiger partial charge in [-0.1, -0.05) is 18.6 Å². The Morgan fingerprint density at radius 2 is 1.96 bits per heavy atom. The standard InChI is InChI=1S/C20H34N4O/c1-5-25-18-11-9-10-17(14-18)15-22-19(21-4)23-16-20(2,3)24-12-7-6-8-13-24/h9-11,14H,5-8,12-13,15-16H2,1-4H3,(H2,21,22,23). The van der Waals surface area contributed by atoms with Crippen molar-refractivity contribution < 1.29 is 4.74 Å². The summed E-state index contributed by atoms with van der Waals surface area (Å²) in [6, 6.07) is 8.18. The maximum absolute atomic E-state index is 5.56. The maximum atomic E-state index is 5.56. The molecule has 1 saturated heterocycles. The summed E-state index contributed by atoms with van der Waals surface area (Å²) < 4.78 is 5.56. The van der Waals surface area contributed by atoms with Crippen LogP contribution in [0.2, 0.25) is 0 Å². The van der Waals surface area contributed by atoms with Gasteiger partial charge in [-0.25, -0.2) is 0 Å². The Kier molecular flexibility index (Phi) is 7.56. The highest BCUT2D eigenvalue weighted by Crippen LogP contribution is 2.19. The van der Waals surface area contributed by atoms with Crippen LogP contribution < -0.4 is 15.4 Å². The van der Waals surface area contributed by atoms with Crippen molar-refractivity contribution in [2.24, 2.45) is 4.99 Å². The first-order chi connectivity index (χ1) is 12.0. The SMILES string of the molecule is CCOc1cccc(CNC(=NC)NCC(C)(C)N2CCCCC2)c1. The van der Waals surface area contributed by atoms with Crippen LogP contribution in [0.4, 0.5) is 0 Å². The van der Waals surface area contributed by atoms with Crippen LogP contribution in [0.3, 0.4) is 0 Å². The van der Waals surface area contributed by atoms with E-state index in [9.17, 15) is 0 Å². The third kappa shape index (κ3) is 6.24. The molecule has 0 aromatic heterocycles. The molecule has 140 valence electrons. The quantitative estimate of drug-likeness (QED) is 0.589. The number of aliphatic imine (C=N–C) groups is 1. The summed E-state index contributed by atoms with van der Waals surface area (Å²) in [6.45, 7) is 11.3. The first-order valence-corrected chi connectivity index (χ1v) is 9.46. The zero-order valence-corrected chi connectivity index (χ0v) is 16.3. The van der Waals surface area contributed by atoms with Crippen molar-refractivity contribution in [2.45, 2.75) is 52.1 Å². The van der Waals surface area contributed by atoms with Gasteiger partial charge in [-0.05, 0) is 64.4 Å². The Hall–Kier alpha value is -1.75. The number of benzene rings is 1. The summed E-state index contributed by atoms with van der Waals surface area (Å²) in [5.74, 6) is 1.75. The van der Waals surface area contributed by atoms with Crippen molar-refractivity contribution in [3.63, 3.8) is 0 Å². The number of rotatable bonds is 7. The van der Waals surface area contributed by atoms with Crippen LogP contribution in [0.25, 0.3) is 0 Å². The Morgan fingerprint density at radius 3 is 2.64 bits per heavy atom. The number of ether oxygens (including phenoxy) is 1.